The molecule has 0 aromatic carbocycles. The lowest BCUT2D eigenvalue weighted by Gasteiger charge is -2.17. The third kappa shape index (κ3) is 10.1. The van der Waals surface area contributed by atoms with Gasteiger partial charge in [0, 0.05) is 0 Å². The molecule has 19 heavy (non-hydrogen) atoms. The molecule has 0 aliphatic carbocycles. The predicted molar refractivity (Wildman–Crippen MR) is 75.4 cm³/mol. The van der Waals surface area contributed by atoms with Gasteiger partial charge in [-0.15, -0.1) is 0 Å². The summed E-state index contributed by atoms with van der Waals surface area (Å²) in [5, 5.41) is 0. The van der Waals surface area contributed by atoms with Crippen molar-refractivity contribution in [2.45, 2.75) is 52.9 Å². The molecule has 0 aromatic rings. The zero-order chi connectivity index (χ0) is 14.6. The lowest BCUT2D eigenvalue weighted by Crippen LogP contribution is -2.14. The summed E-state index contributed by atoms with van der Waals surface area (Å²) in [6, 6.07) is 0. The van der Waals surface area contributed by atoms with Gasteiger partial charge >= 0.3 is 13.6 Å². The molecule has 0 aromatic heterocycles. The van der Waals surface area contributed by atoms with E-state index in [4.69, 9.17) is 13.8 Å². The molecule has 0 aliphatic rings. The van der Waals surface area contributed by atoms with E-state index in [1.54, 1.807) is 0 Å². The monoisotopic (exact) mass is 294 g/mol. The molecule has 0 atom stereocenters. The summed E-state index contributed by atoms with van der Waals surface area (Å²) in [4.78, 5) is 11.5. The van der Waals surface area contributed by atoms with Crippen molar-refractivity contribution < 1.29 is 23.1 Å². The van der Waals surface area contributed by atoms with Crippen molar-refractivity contribution in [3.05, 3.63) is 0 Å². The van der Waals surface area contributed by atoms with Crippen LogP contribution >= 0.6 is 7.60 Å². The van der Waals surface area contributed by atoms with Gasteiger partial charge in [0.25, 0.3) is 0 Å². The average Bonchev–Trinajstić information content (AvgIpc) is 2.37. The fourth-order valence-electron chi connectivity index (χ4n) is 1.24. The van der Waals surface area contributed by atoms with E-state index in [9.17, 15) is 9.36 Å². The third-order valence-electron chi connectivity index (χ3n) is 2.36. The van der Waals surface area contributed by atoms with Gasteiger partial charge in [-0.3, -0.25) is 9.36 Å². The summed E-state index contributed by atoms with van der Waals surface area (Å²) in [6.45, 7) is 6.97. The van der Waals surface area contributed by atoms with Crippen LogP contribution in [0.4, 0.5) is 0 Å². The quantitative estimate of drug-likeness (QED) is 0.311. The van der Waals surface area contributed by atoms with Crippen LogP contribution in [0.3, 0.4) is 0 Å². The van der Waals surface area contributed by atoms with Crippen LogP contribution in [0.1, 0.15) is 52.9 Å². The molecule has 0 saturated carbocycles. The summed E-state index contributed by atoms with van der Waals surface area (Å²) in [5.74, 6) is -0.516. The maximum absolute atomic E-state index is 12.4. The molecule has 0 bridgehead atoms. The minimum atomic E-state index is -3.35. The van der Waals surface area contributed by atoms with Crippen LogP contribution in [0.5, 0.6) is 0 Å². The molecule has 6 heteroatoms. The molecule has 0 unspecified atom stereocenters. The number of esters is 1. The molecule has 0 rings (SSSR count). The minimum Gasteiger partial charge on any atom is -0.465 e. The Kier molecular flexibility index (Phi) is 11.2. The zero-order valence-electron chi connectivity index (χ0n) is 12.4. The fraction of sp³-hybridized carbons (Fsp3) is 0.923. The van der Waals surface area contributed by atoms with Crippen LogP contribution in [-0.2, 0) is 23.1 Å². The van der Waals surface area contributed by atoms with Crippen molar-refractivity contribution in [1.82, 2.24) is 0 Å². The standard InChI is InChI=1S/C13H27O5P/c1-4-7-10-17-19(15,18-11-8-5-2)12-13(14)16-9-6-3/h4-12H2,1-3H3. The molecule has 114 valence electrons. The van der Waals surface area contributed by atoms with Crippen LogP contribution in [0.25, 0.3) is 0 Å². The molecule has 0 heterocycles. The normalized spacial score (nSPS) is 11.5. The molecular weight excluding hydrogens is 267 g/mol. The molecule has 0 radical (unpaired) electrons. The van der Waals surface area contributed by atoms with E-state index in [0.717, 1.165) is 32.1 Å². The van der Waals surface area contributed by atoms with E-state index in [0.29, 0.717) is 19.8 Å². The van der Waals surface area contributed by atoms with E-state index >= 15 is 0 Å². The first-order chi connectivity index (χ1) is 9.08. The smallest absolute Gasteiger partial charge is 0.341 e. The molecule has 0 fully saturated rings. The third-order valence-corrected chi connectivity index (χ3v) is 4.16. The van der Waals surface area contributed by atoms with Crippen molar-refractivity contribution in [2.75, 3.05) is 26.0 Å². The topological polar surface area (TPSA) is 61.8 Å². The average molecular weight is 294 g/mol. The second kappa shape index (κ2) is 11.4. The zero-order valence-corrected chi connectivity index (χ0v) is 13.2. The molecule has 0 N–H and O–H groups in total. The number of carbonyl (C=O) groups is 1. The Morgan fingerprint density at radius 1 is 0.895 bits per heavy atom. The second-order valence-corrected chi connectivity index (χ2v) is 6.42. The van der Waals surface area contributed by atoms with Gasteiger partial charge in [-0.1, -0.05) is 33.6 Å². The highest BCUT2D eigenvalue weighted by Crippen LogP contribution is 2.48. The van der Waals surface area contributed by atoms with Gasteiger partial charge in [-0.25, -0.2) is 0 Å². The lowest BCUT2D eigenvalue weighted by atomic mass is 10.4. The first kappa shape index (κ1) is 18.6. The van der Waals surface area contributed by atoms with E-state index in [1.807, 2.05) is 20.8 Å². The highest BCUT2D eigenvalue weighted by atomic mass is 31.2. The van der Waals surface area contributed by atoms with Gasteiger partial charge in [0.15, 0.2) is 0 Å². The first-order valence-electron chi connectivity index (χ1n) is 7.11. The number of hydrogen-bond acceptors (Lipinski definition) is 5. The highest BCUT2D eigenvalue weighted by Gasteiger charge is 2.29. The first-order valence-corrected chi connectivity index (χ1v) is 8.84. The number of rotatable bonds is 12. The van der Waals surface area contributed by atoms with Gasteiger partial charge in [-0.05, 0) is 19.3 Å². The van der Waals surface area contributed by atoms with E-state index < -0.39 is 13.6 Å². The van der Waals surface area contributed by atoms with Crippen LogP contribution in [0.2, 0.25) is 0 Å². The summed E-state index contributed by atoms with van der Waals surface area (Å²) in [5.41, 5.74) is 0. The predicted octanol–water partition coefficient (Wildman–Crippen LogP) is 3.77. The van der Waals surface area contributed by atoms with Gasteiger partial charge < -0.3 is 13.8 Å². The number of hydrogen-bond donors (Lipinski definition) is 0. The molecule has 0 aliphatic heterocycles. The Bertz CT molecular complexity index is 266. The van der Waals surface area contributed by atoms with Crippen molar-refractivity contribution in [3.8, 4) is 0 Å². The number of ether oxygens (including phenoxy) is 1. The summed E-state index contributed by atoms with van der Waals surface area (Å²) in [7, 11) is -3.35. The largest absolute Gasteiger partial charge is 0.465 e. The molecule has 0 saturated heterocycles. The van der Waals surface area contributed by atoms with Crippen LogP contribution < -0.4 is 0 Å². The van der Waals surface area contributed by atoms with Crippen LogP contribution in [0.15, 0.2) is 0 Å². The highest BCUT2D eigenvalue weighted by molar-refractivity contribution is 7.54. The van der Waals surface area contributed by atoms with Gasteiger partial charge in [0.1, 0.15) is 6.16 Å². The maximum Gasteiger partial charge on any atom is 0.341 e. The molecule has 0 spiro atoms. The van der Waals surface area contributed by atoms with Crippen molar-refractivity contribution in [1.29, 1.82) is 0 Å². The van der Waals surface area contributed by atoms with Crippen LogP contribution in [-0.4, -0.2) is 32.0 Å². The van der Waals surface area contributed by atoms with Crippen molar-refractivity contribution in [3.63, 3.8) is 0 Å². The van der Waals surface area contributed by atoms with Gasteiger partial charge in [0.05, 0.1) is 19.8 Å². The van der Waals surface area contributed by atoms with Gasteiger partial charge in [-0.2, -0.15) is 0 Å². The van der Waals surface area contributed by atoms with Crippen LogP contribution in [0, 0.1) is 0 Å². The summed E-state index contributed by atoms with van der Waals surface area (Å²) >= 11 is 0. The molecule has 5 nitrogen and oxygen atoms in total. The van der Waals surface area contributed by atoms with Crippen molar-refractivity contribution in [2.24, 2.45) is 0 Å². The van der Waals surface area contributed by atoms with E-state index in [2.05, 4.69) is 0 Å². The van der Waals surface area contributed by atoms with Gasteiger partial charge in [0.2, 0.25) is 0 Å². The number of unbranched alkanes of at least 4 members (excludes halogenated alkanes) is 2. The Morgan fingerprint density at radius 2 is 1.42 bits per heavy atom. The Hall–Kier alpha value is -0.380. The number of carbonyl (C=O) groups excluding carboxylic acids is 1. The lowest BCUT2D eigenvalue weighted by molar-refractivity contribution is -0.140. The Balaban J connectivity index is 4.29. The SMILES string of the molecule is CCCCOP(=O)(CC(=O)OCCC)OCCCC. The maximum atomic E-state index is 12.4. The molecular formula is C13H27O5P. The Morgan fingerprint density at radius 3 is 1.84 bits per heavy atom. The minimum absolute atomic E-state index is 0.291. The van der Waals surface area contributed by atoms with E-state index in [-0.39, 0.29) is 6.16 Å². The fourth-order valence-corrected chi connectivity index (χ4v) is 2.72. The van der Waals surface area contributed by atoms with E-state index in [1.165, 1.54) is 0 Å². The second-order valence-electron chi connectivity index (χ2n) is 4.36. The summed E-state index contributed by atoms with van der Waals surface area (Å²) in [6.07, 6.45) is 3.92. The summed E-state index contributed by atoms with van der Waals surface area (Å²) < 4.78 is 27.9. The van der Waals surface area contributed by atoms with Crippen molar-refractivity contribution >= 4 is 13.6 Å². The molecule has 0 amide bonds. The Labute approximate surface area is 116 Å².